The second kappa shape index (κ2) is 3.92. The zero-order valence-electron chi connectivity index (χ0n) is 10.7. The molecule has 98 valence electrons. The molecular weight excluding hydrogens is 224 g/mol. The summed E-state index contributed by atoms with van der Waals surface area (Å²) in [5.41, 5.74) is -0.0670. The topological polar surface area (TPSA) is 29.1 Å². The molecule has 2 atom stereocenters. The number of carbonyl (C=O) groups is 1. The number of hydrogen-bond donors (Lipinski definition) is 1. The fraction of sp³-hybridized carbons (Fsp3) is 0.923. The maximum Gasteiger partial charge on any atom is 0.260 e. The fourth-order valence-electron chi connectivity index (χ4n) is 2.09. The van der Waals surface area contributed by atoms with Crippen molar-refractivity contribution in [2.45, 2.75) is 58.4 Å². The van der Waals surface area contributed by atoms with E-state index < -0.39 is 17.7 Å². The molecule has 0 radical (unpaired) electrons. The molecular formula is C13H21F2NO. The van der Waals surface area contributed by atoms with Crippen LogP contribution in [-0.4, -0.2) is 17.9 Å². The van der Waals surface area contributed by atoms with Crippen LogP contribution in [0.3, 0.4) is 0 Å². The Morgan fingerprint density at radius 3 is 2.29 bits per heavy atom. The molecule has 2 rings (SSSR count). The third-order valence-corrected chi connectivity index (χ3v) is 3.77. The van der Waals surface area contributed by atoms with Gasteiger partial charge in [0.1, 0.15) is 5.92 Å². The Hall–Kier alpha value is -0.670. The van der Waals surface area contributed by atoms with Crippen molar-refractivity contribution in [3.05, 3.63) is 0 Å². The number of hydrogen-bond acceptors (Lipinski definition) is 1. The van der Waals surface area contributed by atoms with Crippen molar-refractivity contribution in [2.24, 2.45) is 17.3 Å². The molecule has 1 N–H and O–H groups in total. The first-order chi connectivity index (χ1) is 7.70. The van der Waals surface area contributed by atoms with Gasteiger partial charge in [-0.3, -0.25) is 4.79 Å². The van der Waals surface area contributed by atoms with Gasteiger partial charge in [0.2, 0.25) is 5.91 Å². The first-order valence-electron chi connectivity index (χ1n) is 6.38. The lowest BCUT2D eigenvalue weighted by molar-refractivity contribution is -0.126. The molecule has 2 nitrogen and oxygen atoms in total. The van der Waals surface area contributed by atoms with Crippen LogP contribution in [0.4, 0.5) is 8.78 Å². The Bertz CT molecular complexity index is 318. The quantitative estimate of drug-likeness (QED) is 0.810. The predicted octanol–water partition coefficient (Wildman–Crippen LogP) is 2.97. The largest absolute Gasteiger partial charge is 0.352 e. The highest BCUT2D eigenvalue weighted by atomic mass is 19.3. The zero-order chi connectivity index (χ0) is 12.8. The van der Waals surface area contributed by atoms with E-state index in [1.807, 2.05) is 20.8 Å². The Labute approximate surface area is 101 Å². The van der Waals surface area contributed by atoms with Crippen LogP contribution in [0.25, 0.3) is 0 Å². The minimum atomic E-state index is -2.76. The van der Waals surface area contributed by atoms with Gasteiger partial charge in [-0.2, -0.15) is 0 Å². The molecule has 0 heterocycles. The molecule has 4 heteroatoms. The predicted molar refractivity (Wildman–Crippen MR) is 61.8 cm³/mol. The second-order valence-corrected chi connectivity index (χ2v) is 6.62. The number of carbonyl (C=O) groups excluding carboxylic acids is 1. The van der Waals surface area contributed by atoms with Crippen molar-refractivity contribution in [3.63, 3.8) is 0 Å². The van der Waals surface area contributed by atoms with Gasteiger partial charge in [-0.15, -0.1) is 0 Å². The maximum atomic E-state index is 12.8. The highest BCUT2D eigenvalue weighted by molar-refractivity contribution is 5.83. The Balaban J connectivity index is 1.90. The molecule has 2 saturated carbocycles. The Morgan fingerprint density at radius 2 is 1.94 bits per heavy atom. The van der Waals surface area contributed by atoms with Crippen LogP contribution in [0.15, 0.2) is 0 Å². The van der Waals surface area contributed by atoms with E-state index in [0.29, 0.717) is 5.92 Å². The Kier molecular flexibility index (Phi) is 2.95. The molecule has 2 fully saturated rings. The van der Waals surface area contributed by atoms with Gasteiger partial charge in [0.25, 0.3) is 5.92 Å². The summed E-state index contributed by atoms with van der Waals surface area (Å²) in [6, 6.07) is 0.0129. The van der Waals surface area contributed by atoms with E-state index >= 15 is 0 Å². The van der Waals surface area contributed by atoms with Gasteiger partial charge in [0, 0.05) is 12.5 Å². The number of amides is 1. The monoisotopic (exact) mass is 245 g/mol. The van der Waals surface area contributed by atoms with E-state index in [-0.39, 0.29) is 17.9 Å². The third-order valence-electron chi connectivity index (χ3n) is 3.77. The molecule has 0 bridgehead atoms. The van der Waals surface area contributed by atoms with Gasteiger partial charge < -0.3 is 5.32 Å². The number of nitrogens with one attached hydrogen (secondary N) is 1. The van der Waals surface area contributed by atoms with Crippen molar-refractivity contribution < 1.29 is 13.6 Å². The number of halogens is 2. The average molecular weight is 245 g/mol. The summed E-state index contributed by atoms with van der Waals surface area (Å²) in [7, 11) is 0. The van der Waals surface area contributed by atoms with Crippen LogP contribution in [0.1, 0.15) is 46.5 Å². The molecule has 0 aliphatic heterocycles. The van der Waals surface area contributed by atoms with Gasteiger partial charge in [0.15, 0.2) is 0 Å². The number of alkyl halides is 2. The molecule has 0 spiro atoms. The van der Waals surface area contributed by atoms with Crippen LogP contribution in [0.5, 0.6) is 0 Å². The van der Waals surface area contributed by atoms with Crippen molar-refractivity contribution in [1.82, 2.24) is 5.32 Å². The summed E-state index contributed by atoms with van der Waals surface area (Å²) in [5.74, 6) is -3.62. The lowest BCUT2D eigenvalue weighted by atomic mass is 9.83. The van der Waals surface area contributed by atoms with Crippen LogP contribution in [0, 0.1) is 17.3 Å². The highest BCUT2D eigenvalue weighted by Crippen LogP contribution is 2.49. The standard InChI is InChI=1S/C13H21F2NO/c1-12(2,3)10(6-8-4-5-8)16-11(17)9-7-13(9,14)15/h8-10H,4-7H2,1-3H3,(H,16,17). The van der Waals surface area contributed by atoms with Crippen molar-refractivity contribution in [2.75, 3.05) is 0 Å². The Morgan fingerprint density at radius 1 is 1.41 bits per heavy atom. The van der Waals surface area contributed by atoms with Gasteiger partial charge in [-0.1, -0.05) is 33.6 Å². The van der Waals surface area contributed by atoms with Crippen molar-refractivity contribution in [3.8, 4) is 0 Å². The summed E-state index contributed by atoms with van der Waals surface area (Å²) in [6.07, 6.45) is 3.07. The lowest BCUT2D eigenvalue weighted by Crippen LogP contribution is -2.45. The lowest BCUT2D eigenvalue weighted by Gasteiger charge is -2.31. The molecule has 0 aromatic rings. The summed E-state index contributed by atoms with van der Waals surface area (Å²) in [6.45, 7) is 6.14. The molecule has 1 amide bonds. The third kappa shape index (κ3) is 3.17. The molecule has 0 aromatic carbocycles. The summed E-state index contributed by atoms with van der Waals surface area (Å²) >= 11 is 0. The van der Waals surface area contributed by atoms with E-state index in [9.17, 15) is 13.6 Å². The smallest absolute Gasteiger partial charge is 0.260 e. The molecule has 2 aliphatic rings. The summed E-state index contributed by atoms with van der Waals surface area (Å²) in [4.78, 5) is 11.7. The molecule has 2 unspecified atom stereocenters. The van der Waals surface area contributed by atoms with E-state index in [1.165, 1.54) is 12.8 Å². The normalized spacial score (nSPS) is 28.6. The average Bonchev–Trinajstić information content (AvgIpc) is 3.01. The van der Waals surface area contributed by atoms with Gasteiger partial charge >= 0.3 is 0 Å². The van der Waals surface area contributed by atoms with Gasteiger partial charge in [-0.05, 0) is 17.8 Å². The van der Waals surface area contributed by atoms with E-state index in [0.717, 1.165) is 6.42 Å². The SMILES string of the molecule is CC(C)(C)C(CC1CC1)NC(=O)C1CC1(F)F. The van der Waals surface area contributed by atoms with Gasteiger partial charge in [0.05, 0.1) is 0 Å². The van der Waals surface area contributed by atoms with Crippen LogP contribution < -0.4 is 5.32 Å². The molecule has 2 aliphatic carbocycles. The van der Waals surface area contributed by atoms with E-state index in [4.69, 9.17) is 0 Å². The van der Waals surface area contributed by atoms with Crippen LogP contribution in [0.2, 0.25) is 0 Å². The number of rotatable bonds is 4. The highest BCUT2D eigenvalue weighted by Gasteiger charge is 2.61. The second-order valence-electron chi connectivity index (χ2n) is 6.62. The maximum absolute atomic E-state index is 12.8. The summed E-state index contributed by atoms with van der Waals surface area (Å²) < 4.78 is 25.6. The van der Waals surface area contributed by atoms with Gasteiger partial charge in [-0.25, -0.2) is 8.78 Å². The molecule has 17 heavy (non-hydrogen) atoms. The minimum Gasteiger partial charge on any atom is -0.352 e. The van der Waals surface area contributed by atoms with Crippen LogP contribution in [-0.2, 0) is 4.79 Å². The van der Waals surface area contributed by atoms with Crippen LogP contribution >= 0.6 is 0 Å². The zero-order valence-corrected chi connectivity index (χ0v) is 10.7. The minimum absolute atomic E-state index is 0.0129. The first kappa shape index (κ1) is 12.8. The summed E-state index contributed by atoms with van der Waals surface area (Å²) in [5, 5.41) is 2.83. The molecule has 0 saturated heterocycles. The van der Waals surface area contributed by atoms with E-state index in [2.05, 4.69) is 5.32 Å². The van der Waals surface area contributed by atoms with E-state index in [1.54, 1.807) is 0 Å². The fourth-order valence-corrected chi connectivity index (χ4v) is 2.09. The first-order valence-corrected chi connectivity index (χ1v) is 6.38. The van der Waals surface area contributed by atoms with Crippen molar-refractivity contribution in [1.29, 1.82) is 0 Å². The van der Waals surface area contributed by atoms with Crippen molar-refractivity contribution >= 4 is 5.91 Å². The molecule has 0 aromatic heterocycles.